The Labute approximate surface area is 196 Å². The van der Waals surface area contributed by atoms with Crippen molar-refractivity contribution >= 4 is 5.91 Å². The maximum atomic E-state index is 12.5. The van der Waals surface area contributed by atoms with Gasteiger partial charge in [0.1, 0.15) is 6.26 Å². The lowest BCUT2D eigenvalue weighted by Gasteiger charge is -2.29. The van der Waals surface area contributed by atoms with E-state index < -0.39 is 0 Å². The van der Waals surface area contributed by atoms with Gasteiger partial charge < -0.3 is 14.5 Å². The number of amides is 1. The van der Waals surface area contributed by atoms with Gasteiger partial charge in [-0.05, 0) is 50.3 Å². The smallest absolute Gasteiger partial charge is 0.273 e. The monoisotopic (exact) mass is 447 g/mol. The lowest BCUT2D eigenvalue weighted by Crippen LogP contribution is -2.32. The van der Waals surface area contributed by atoms with E-state index in [0.29, 0.717) is 24.7 Å². The fourth-order valence-electron chi connectivity index (χ4n) is 4.28. The molecule has 0 radical (unpaired) electrons. The Morgan fingerprint density at radius 3 is 2.73 bits per heavy atom. The molecule has 1 aliphatic rings. The summed E-state index contributed by atoms with van der Waals surface area (Å²) in [6.07, 6.45) is 3.57. The van der Waals surface area contributed by atoms with E-state index in [1.165, 1.54) is 28.5 Å². The Kier molecular flexibility index (Phi) is 7.57. The van der Waals surface area contributed by atoms with Crippen LogP contribution >= 0.6 is 0 Å². The number of carbonyl (C=O) groups is 1. The van der Waals surface area contributed by atoms with Gasteiger partial charge in [-0.1, -0.05) is 54.1 Å². The van der Waals surface area contributed by atoms with Crippen LogP contribution in [0.2, 0.25) is 0 Å². The average Bonchev–Trinajstić information content (AvgIpc) is 3.51. The largest absolute Gasteiger partial charge is 0.447 e. The number of aromatic nitrogens is 1. The van der Waals surface area contributed by atoms with Crippen molar-refractivity contribution in [1.82, 2.24) is 15.2 Å². The van der Waals surface area contributed by atoms with Crippen LogP contribution in [0.3, 0.4) is 0 Å². The van der Waals surface area contributed by atoms with Crippen molar-refractivity contribution in [2.24, 2.45) is 0 Å². The summed E-state index contributed by atoms with van der Waals surface area (Å²) < 4.78 is 11.3. The summed E-state index contributed by atoms with van der Waals surface area (Å²) in [5.41, 5.74) is 5.32. The van der Waals surface area contributed by atoms with E-state index in [0.717, 1.165) is 26.0 Å². The maximum absolute atomic E-state index is 12.5. The number of ether oxygens (including phenoxy) is 1. The maximum Gasteiger partial charge on any atom is 0.273 e. The number of aryl methyl sites for hydroxylation is 2. The van der Waals surface area contributed by atoms with Crippen molar-refractivity contribution in [3.05, 3.63) is 88.6 Å². The van der Waals surface area contributed by atoms with Gasteiger partial charge in [0, 0.05) is 25.7 Å². The Bertz CT molecular complexity index is 1060. The summed E-state index contributed by atoms with van der Waals surface area (Å²) in [5.74, 6) is 0.308. The van der Waals surface area contributed by atoms with Crippen LogP contribution < -0.4 is 5.32 Å². The highest BCUT2D eigenvalue weighted by Gasteiger charge is 2.22. The van der Waals surface area contributed by atoms with E-state index in [1.807, 2.05) is 6.07 Å². The zero-order chi connectivity index (χ0) is 23.2. The van der Waals surface area contributed by atoms with E-state index in [-0.39, 0.29) is 18.1 Å². The van der Waals surface area contributed by atoms with E-state index in [1.54, 1.807) is 0 Å². The third kappa shape index (κ3) is 6.09. The molecule has 6 heteroatoms. The third-order valence-corrected chi connectivity index (χ3v) is 6.34. The van der Waals surface area contributed by atoms with E-state index >= 15 is 0 Å². The normalized spacial score (nSPS) is 16.8. The minimum atomic E-state index is -0.225. The molecule has 0 saturated carbocycles. The predicted molar refractivity (Wildman–Crippen MR) is 128 cm³/mol. The van der Waals surface area contributed by atoms with Gasteiger partial charge in [-0.25, -0.2) is 4.98 Å². The van der Waals surface area contributed by atoms with Crippen molar-refractivity contribution in [3.63, 3.8) is 0 Å². The molecule has 1 N–H and O–H groups in total. The van der Waals surface area contributed by atoms with Crippen LogP contribution in [-0.2, 0) is 17.8 Å². The molecule has 2 atom stereocenters. The Morgan fingerprint density at radius 2 is 2.00 bits per heavy atom. The minimum Gasteiger partial charge on any atom is -0.447 e. The minimum absolute atomic E-state index is 0.0975. The second-order valence-electron chi connectivity index (χ2n) is 8.89. The number of hydrogen-bond acceptors (Lipinski definition) is 5. The van der Waals surface area contributed by atoms with Gasteiger partial charge in [-0.3, -0.25) is 9.69 Å². The predicted octanol–water partition coefficient (Wildman–Crippen LogP) is 4.96. The van der Waals surface area contributed by atoms with E-state index in [9.17, 15) is 4.79 Å². The summed E-state index contributed by atoms with van der Waals surface area (Å²) in [5, 5.41) is 2.91. The summed E-state index contributed by atoms with van der Waals surface area (Å²) in [7, 11) is 0. The van der Waals surface area contributed by atoms with Crippen molar-refractivity contribution in [3.8, 4) is 0 Å². The molecule has 1 fully saturated rings. The first kappa shape index (κ1) is 23.2. The van der Waals surface area contributed by atoms with E-state index in [4.69, 9.17) is 9.15 Å². The molecule has 174 valence electrons. The van der Waals surface area contributed by atoms with Crippen LogP contribution in [0.15, 0.2) is 59.2 Å². The molecular formula is C27H33N3O3. The molecule has 1 saturated heterocycles. The number of benzene rings is 2. The van der Waals surface area contributed by atoms with Crippen molar-refractivity contribution in [1.29, 1.82) is 0 Å². The average molecular weight is 448 g/mol. The highest BCUT2D eigenvalue weighted by molar-refractivity contribution is 5.91. The topological polar surface area (TPSA) is 67.6 Å². The Balaban J connectivity index is 1.48. The Hall–Kier alpha value is -2.96. The van der Waals surface area contributed by atoms with Crippen molar-refractivity contribution in [2.75, 3.05) is 13.2 Å². The number of nitrogens with one attached hydrogen (secondary N) is 1. The van der Waals surface area contributed by atoms with Crippen LogP contribution in [0, 0.1) is 13.8 Å². The molecule has 33 heavy (non-hydrogen) atoms. The number of hydrogen-bond donors (Lipinski definition) is 1. The molecule has 0 aliphatic carbocycles. The third-order valence-electron chi connectivity index (χ3n) is 6.34. The standard InChI is InChI=1S/C27H33N3O3/c1-19-11-12-23(20(2)14-19)16-30(21(3)22-8-5-4-6-9-22)17-26-29-25(18-33-26)27(31)28-15-24-10-7-13-32-24/h4-6,8-9,11-12,14,18,21,24H,7,10,13,15-17H2,1-3H3,(H,28,31)/t21-,24-/m0/s1. The molecule has 3 aromatic rings. The van der Waals surface area contributed by atoms with Gasteiger partial charge in [0.25, 0.3) is 5.91 Å². The van der Waals surface area contributed by atoms with Gasteiger partial charge in [0.05, 0.1) is 12.6 Å². The lowest BCUT2D eigenvalue weighted by atomic mass is 10.0. The SMILES string of the molecule is Cc1ccc(CN(Cc2nc(C(=O)NC[C@@H]3CCCO3)co2)[C@@H](C)c2ccccc2)c(C)c1. The molecule has 1 aliphatic heterocycles. The lowest BCUT2D eigenvalue weighted by molar-refractivity contribution is 0.0853. The van der Waals surface area contributed by atoms with Crippen LogP contribution in [-0.4, -0.2) is 35.0 Å². The highest BCUT2D eigenvalue weighted by Crippen LogP contribution is 2.26. The first-order chi connectivity index (χ1) is 16.0. The van der Waals surface area contributed by atoms with E-state index in [2.05, 4.69) is 78.4 Å². The van der Waals surface area contributed by atoms with Crippen LogP contribution in [0.5, 0.6) is 0 Å². The van der Waals surface area contributed by atoms with Gasteiger partial charge in [0.2, 0.25) is 5.89 Å². The van der Waals surface area contributed by atoms with Gasteiger partial charge in [0.15, 0.2) is 5.69 Å². The number of carbonyl (C=O) groups excluding carboxylic acids is 1. The first-order valence-electron chi connectivity index (χ1n) is 11.7. The summed E-state index contributed by atoms with van der Waals surface area (Å²) in [4.78, 5) is 19.3. The van der Waals surface area contributed by atoms with Crippen molar-refractivity contribution < 1.29 is 13.9 Å². The molecule has 1 amide bonds. The van der Waals surface area contributed by atoms with Gasteiger partial charge >= 0.3 is 0 Å². The number of oxazole rings is 1. The van der Waals surface area contributed by atoms with Crippen LogP contribution in [0.25, 0.3) is 0 Å². The first-order valence-corrected chi connectivity index (χ1v) is 11.7. The molecule has 0 spiro atoms. The Morgan fingerprint density at radius 1 is 1.18 bits per heavy atom. The molecule has 0 unspecified atom stereocenters. The molecule has 0 bridgehead atoms. The summed E-state index contributed by atoms with van der Waals surface area (Å²) >= 11 is 0. The second-order valence-corrected chi connectivity index (χ2v) is 8.89. The molecular weight excluding hydrogens is 414 g/mol. The number of rotatable bonds is 9. The number of nitrogens with zero attached hydrogens (tertiary/aromatic N) is 2. The van der Waals surface area contributed by atoms with Gasteiger partial charge in [-0.2, -0.15) is 0 Å². The summed E-state index contributed by atoms with van der Waals surface area (Å²) in [6.45, 7) is 8.98. The molecule has 2 aromatic carbocycles. The zero-order valence-electron chi connectivity index (χ0n) is 19.7. The van der Waals surface area contributed by atoms with Crippen molar-refractivity contribution in [2.45, 2.75) is 58.8 Å². The fraction of sp³-hybridized carbons (Fsp3) is 0.407. The molecule has 2 heterocycles. The summed E-state index contributed by atoms with van der Waals surface area (Å²) in [6, 6.07) is 17.1. The fourth-order valence-corrected chi connectivity index (χ4v) is 4.28. The molecule has 1 aromatic heterocycles. The quantitative estimate of drug-likeness (QED) is 0.502. The molecule has 6 nitrogen and oxygen atoms in total. The highest BCUT2D eigenvalue weighted by atomic mass is 16.5. The van der Waals surface area contributed by atoms with Crippen LogP contribution in [0.4, 0.5) is 0 Å². The van der Waals surface area contributed by atoms with Crippen LogP contribution in [0.1, 0.15) is 64.4 Å². The van der Waals surface area contributed by atoms with Gasteiger partial charge in [-0.15, -0.1) is 0 Å². The molecule has 4 rings (SSSR count). The second kappa shape index (κ2) is 10.8. The zero-order valence-corrected chi connectivity index (χ0v) is 19.7.